The van der Waals surface area contributed by atoms with E-state index in [0.717, 1.165) is 19.3 Å². The van der Waals surface area contributed by atoms with Crippen LogP contribution in [-0.2, 0) is 9.59 Å². The van der Waals surface area contributed by atoms with Gasteiger partial charge in [-0.15, -0.1) is 6.58 Å². The molecule has 0 saturated heterocycles. The number of carbonyl (C=O) groups is 2. The van der Waals surface area contributed by atoms with Gasteiger partial charge in [-0.2, -0.15) is 0 Å². The van der Waals surface area contributed by atoms with E-state index in [2.05, 4.69) is 6.58 Å². The lowest BCUT2D eigenvalue weighted by Gasteiger charge is -2.30. The van der Waals surface area contributed by atoms with Crippen LogP contribution in [0.1, 0.15) is 44.9 Å². The molecule has 0 unspecified atom stereocenters. The molecule has 0 aromatic rings. The quantitative estimate of drug-likeness (QED) is 0.777. The molecule has 0 aromatic carbocycles. The molecule has 106 valence electrons. The minimum atomic E-state index is -0.758. The molecule has 2 aliphatic rings. The Morgan fingerprint density at radius 3 is 2.32 bits per heavy atom. The van der Waals surface area contributed by atoms with Gasteiger partial charge in [0.15, 0.2) is 0 Å². The second-order valence-corrected chi connectivity index (χ2v) is 5.76. The standard InChI is InChI=1S/C15H23NO3/c1-2-9-16(13-5-3-4-6-13)14(17)11-7-8-12(10-11)15(18)19/h2,11-13H,1,3-10H2,(H,18,19)/t11-,12+/m1/s1. The minimum Gasteiger partial charge on any atom is -0.481 e. The molecule has 0 heterocycles. The normalized spacial score (nSPS) is 27.4. The number of rotatable bonds is 5. The summed E-state index contributed by atoms with van der Waals surface area (Å²) in [7, 11) is 0. The van der Waals surface area contributed by atoms with Gasteiger partial charge in [-0.1, -0.05) is 18.9 Å². The third-order valence-electron chi connectivity index (χ3n) is 4.51. The number of hydrogen-bond donors (Lipinski definition) is 1. The molecule has 1 amide bonds. The van der Waals surface area contributed by atoms with E-state index >= 15 is 0 Å². The second kappa shape index (κ2) is 6.22. The van der Waals surface area contributed by atoms with E-state index in [1.54, 1.807) is 6.08 Å². The van der Waals surface area contributed by atoms with Gasteiger partial charge in [-0.3, -0.25) is 9.59 Å². The average molecular weight is 265 g/mol. The van der Waals surface area contributed by atoms with Crippen LogP contribution >= 0.6 is 0 Å². The first-order chi connectivity index (χ1) is 9.13. The molecule has 2 atom stereocenters. The number of nitrogens with zero attached hydrogens (tertiary/aromatic N) is 1. The third kappa shape index (κ3) is 3.17. The Hall–Kier alpha value is -1.32. The van der Waals surface area contributed by atoms with Gasteiger partial charge in [0, 0.05) is 18.5 Å². The first-order valence-corrected chi connectivity index (χ1v) is 7.27. The highest BCUT2D eigenvalue weighted by Crippen LogP contribution is 2.34. The summed E-state index contributed by atoms with van der Waals surface area (Å²) >= 11 is 0. The van der Waals surface area contributed by atoms with Gasteiger partial charge in [0.2, 0.25) is 5.91 Å². The molecule has 2 fully saturated rings. The summed E-state index contributed by atoms with van der Waals surface area (Å²) < 4.78 is 0. The Bertz CT molecular complexity index is 360. The van der Waals surface area contributed by atoms with E-state index in [0.29, 0.717) is 25.4 Å². The first-order valence-electron chi connectivity index (χ1n) is 7.27. The Balaban J connectivity index is 1.99. The zero-order valence-electron chi connectivity index (χ0n) is 11.4. The van der Waals surface area contributed by atoms with Crippen LogP contribution in [0.2, 0.25) is 0 Å². The van der Waals surface area contributed by atoms with Crippen molar-refractivity contribution in [2.24, 2.45) is 11.8 Å². The zero-order valence-corrected chi connectivity index (χ0v) is 11.4. The van der Waals surface area contributed by atoms with Crippen molar-refractivity contribution in [2.75, 3.05) is 6.54 Å². The van der Waals surface area contributed by atoms with Crippen molar-refractivity contribution in [1.29, 1.82) is 0 Å². The lowest BCUT2D eigenvalue weighted by Crippen LogP contribution is -2.42. The van der Waals surface area contributed by atoms with Gasteiger partial charge >= 0.3 is 5.97 Å². The van der Waals surface area contributed by atoms with Crippen molar-refractivity contribution in [3.63, 3.8) is 0 Å². The number of carboxylic acids is 1. The first kappa shape index (κ1) is 14.1. The van der Waals surface area contributed by atoms with Gasteiger partial charge in [0.05, 0.1) is 5.92 Å². The van der Waals surface area contributed by atoms with E-state index in [1.807, 2.05) is 4.90 Å². The highest BCUT2D eigenvalue weighted by molar-refractivity contribution is 5.81. The summed E-state index contributed by atoms with van der Waals surface area (Å²) in [6.07, 6.45) is 8.17. The smallest absolute Gasteiger partial charge is 0.306 e. The summed E-state index contributed by atoms with van der Waals surface area (Å²) in [6.45, 7) is 4.33. The summed E-state index contributed by atoms with van der Waals surface area (Å²) in [5, 5.41) is 9.03. The van der Waals surface area contributed by atoms with Gasteiger partial charge in [-0.25, -0.2) is 0 Å². The summed E-state index contributed by atoms with van der Waals surface area (Å²) in [4.78, 5) is 25.5. The number of carbonyl (C=O) groups excluding carboxylic acids is 1. The van der Waals surface area contributed by atoms with Crippen molar-refractivity contribution in [1.82, 2.24) is 4.90 Å². The Kier molecular flexibility index (Phi) is 4.61. The lowest BCUT2D eigenvalue weighted by atomic mass is 10.0. The summed E-state index contributed by atoms with van der Waals surface area (Å²) in [5.41, 5.74) is 0. The molecular formula is C15H23NO3. The Labute approximate surface area is 114 Å². The largest absolute Gasteiger partial charge is 0.481 e. The fourth-order valence-corrected chi connectivity index (χ4v) is 3.44. The predicted molar refractivity (Wildman–Crippen MR) is 72.6 cm³/mol. The van der Waals surface area contributed by atoms with Crippen LogP contribution in [0.3, 0.4) is 0 Å². The number of aliphatic carboxylic acids is 1. The summed E-state index contributed by atoms with van der Waals surface area (Å²) in [6, 6.07) is 0.342. The number of carboxylic acid groups (broad SMARTS) is 1. The van der Waals surface area contributed by atoms with Crippen molar-refractivity contribution >= 4 is 11.9 Å². The molecule has 2 rings (SSSR count). The SMILES string of the molecule is C=CCN(C(=O)[C@@H]1CC[C@H](C(=O)O)C1)C1CCCC1. The monoisotopic (exact) mass is 265 g/mol. The van der Waals surface area contributed by atoms with Crippen molar-refractivity contribution in [3.05, 3.63) is 12.7 Å². The maximum absolute atomic E-state index is 12.6. The van der Waals surface area contributed by atoms with E-state index < -0.39 is 5.97 Å². The molecule has 1 N–H and O–H groups in total. The van der Waals surface area contributed by atoms with Crippen LogP contribution in [0.15, 0.2) is 12.7 Å². The van der Waals surface area contributed by atoms with Crippen LogP contribution in [0, 0.1) is 11.8 Å². The molecule has 0 spiro atoms. The molecule has 0 aliphatic heterocycles. The van der Waals surface area contributed by atoms with Gasteiger partial charge in [0.25, 0.3) is 0 Å². The van der Waals surface area contributed by atoms with E-state index in [9.17, 15) is 9.59 Å². The van der Waals surface area contributed by atoms with Crippen LogP contribution in [0.25, 0.3) is 0 Å². The lowest BCUT2D eigenvalue weighted by molar-refractivity contribution is -0.141. The molecule has 2 saturated carbocycles. The van der Waals surface area contributed by atoms with Gasteiger partial charge < -0.3 is 10.0 Å². The molecule has 2 aliphatic carbocycles. The van der Waals surface area contributed by atoms with Crippen LogP contribution in [0.5, 0.6) is 0 Å². The van der Waals surface area contributed by atoms with Gasteiger partial charge in [0.1, 0.15) is 0 Å². The average Bonchev–Trinajstić information content (AvgIpc) is 3.05. The Morgan fingerprint density at radius 2 is 1.79 bits per heavy atom. The van der Waals surface area contributed by atoms with E-state index in [4.69, 9.17) is 5.11 Å². The minimum absolute atomic E-state index is 0.0957. The molecule has 0 bridgehead atoms. The molecule has 4 nitrogen and oxygen atoms in total. The summed E-state index contributed by atoms with van der Waals surface area (Å²) in [5.74, 6) is -1.04. The Morgan fingerprint density at radius 1 is 1.16 bits per heavy atom. The molecule has 0 aromatic heterocycles. The fourth-order valence-electron chi connectivity index (χ4n) is 3.44. The predicted octanol–water partition coefficient (Wildman–Crippen LogP) is 2.44. The van der Waals surface area contributed by atoms with E-state index in [-0.39, 0.29) is 17.7 Å². The topological polar surface area (TPSA) is 57.6 Å². The van der Waals surface area contributed by atoms with Crippen LogP contribution in [-0.4, -0.2) is 34.5 Å². The fraction of sp³-hybridized carbons (Fsp3) is 0.733. The van der Waals surface area contributed by atoms with Crippen molar-refractivity contribution in [2.45, 2.75) is 51.0 Å². The molecular weight excluding hydrogens is 242 g/mol. The van der Waals surface area contributed by atoms with Crippen molar-refractivity contribution in [3.8, 4) is 0 Å². The van der Waals surface area contributed by atoms with Gasteiger partial charge in [-0.05, 0) is 32.1 Å². The van der Waals surface area contributed by atoms with Crippen LogP contribution < -0.4 is 0 Å². The third-order valence-corrected chi connectivity index (χ3v) is 4.51. The highest BCUT2D eigenvalue weighted by atomic mass is 16.4. The van der Waals surface area contributed by atoms with Crippen LogP contribution in [0.4, 0.5) is 0 Å². The second-order valence-electron chi connectivity index (χ2n) is 5.76. The number of hydrogen-bond acceptors (Lipinski definition) is 2. The maximum atomic E-state index is 12.6. The highest BCUT2D eigenvalue weighted by Gasteiger charge is 2.37. The van der Waals surface area contributed by atoms with Crippen molar-refractivity contribution < 1.29 is 14.7 Å². The zero-order chi connectivity index (χ0) is 13.8. The molecule has 4 heteroatoms. The van der Waals surface area contributed by atoms with E-state index in [1.165, 1.54) is 12.8 Å². The molecule has 0 radical (unpaired) electrons. The number of amides is 1. The molecule has 19 heavy (non-hydrogen) atoms. The maximum Gasteiger partial charge on any atom is 0.306 e.